The summed E-state index contributed by atoms with van der Waals surface area (Å²) in [5, 5.41) is 13.4. The minimum absolute atomic E-state index is 0.0240. The molecule has 0 fully saturated rings. The zero-order valence-corrected chi connectivity index (χ0v) is 10.6. The summed E-state index contributed by atoms with van der Waals surface area (Å²) in [7, 11) is 0. The van der Waals surface area contributed by atoms with Crippen molar-refractivity contribution in [3.63, 3.8) is 0 Å². The van der Waals surface area contributed by atoms with Crippen LogP contribution in [0.25, 0.3) is 5.65 Å². The zero-order valence-electron chi connectivity index (χ0n) is 9.11. The lowest BCUT2D eigenvalue weighted by Crippen LogP contribution is -2.03. The van der Waals surface area contributed by atoms with Crippen molar-refractivity contribution in [2.45, 2.75) is 19.8 Å². The van der Waals surface area contributed by atoms with Gasteiger partial charge in [0.2, 0.25) is 0 Å². The summed E-state index contributed by atoms with van der Waals surface area (Å²) in [6.07, 6.45) is 1.21. The zero-order chi connectivity index (χ0) is 12.7. The molecule has 7 heteroatoms. The number of carbonyl (C=O) groups is 1. The highest BCUT2D eigenvalue weighted by atomic mass is 35.5. The van der Waals surface area contributed by atoms with E-state index in [1.54, 1.807) is 0 Å². The highest BCUT2D eigenvalue weighted by Gasteiger charge is 2.20. The molecule has 2 aromatic rings. The predicted molar refractivity (Wildman–Crippen MR) is 64.1 cm³/mol. The van der Waals surface area contributed by atoms with E-state index in [1.165, 1.54) is 10.7 Å². The van der Waals surface area contributed by atoms with Gasteiger partial charge in [-0.15, -0.1) is 0 Å². The molecule has 2 heterocycles. The lowest BCUT2D eigenvalue weighted by Gasteiger charge is -2.10. The maximum Gasteiger partial charge on any atom is 0.341 e. The van der Waals surface area contributed by atoms with Crippen molar-refractivity contribution in [3.05, 3.63) is 27.6 Å². The molecule has 17 heavy (non-hydrogen) atoms. The standard InChI is InChI=1S/C10H9Cl2N3O2/c1-4(2)6-7(11)14-9-5(10(16)17)3-13-15(9)8(6)12/h3-4H,1-2H3,(H,16,17). The van der Waals surface area contributed by atoms with Gasteiger partial charge in [-0.3, -0.25) is 0 Å². The maximum atomic E-state index is 10.9. The van der Waals surface area contributed by atoms with Crippen LogP contribution in [0.1, 0.15) is 35.7 Å². The third-order valence-electron chi connectivity index (χ3n) is 2.39. The van der Waals surface area contributed by atoms with Gasteiger partial charge in [0.25, 0.3) is 0 Å². The fraction of sp³-hybridized carbons (Fsp3) is 0.300. The molecule has 0 atom stereocenters. The van der Waals surface area contributed by atoms with Crippen LogP contribution >= 0.6 is 23.2 Å². The Balaban J connectivity index is 2.83. The minimum atomic E-state index is -1.11. The van der Waals surface area contributed by atoms with Gasteiger partial charge in [0.1, 0.15) is 15.9 Å². The Morgan fingerprint density at radius 2 is 2.12 bits per heavy atom. The number of carboxylic acid groups (broad SMARTS) is 1. The first-order chi connectivity index (χ1) is 7.93. The smallest absolute Gasteiger partial charge is 0.341 e. The van der Waals surface area contributed by atoms with Crippen LogP contribution < -0.4 is 0 Å². The van der Waals surface area contributed by atoms with E-state index in [9.17, 15) is 4.79 Å². The van der Waals surface area contributed by atoms with Gasteiger partial charge in [0, 0.05) is 5.56 Å². The van der Waals surface area contributed by atoms with Gasteiger partial charge in [-0.05, 0) is 5.92 Å². The van der Waals surface area contributed by atoms with Gasteiger partial charge < -0.3 is 5.11 Å². The van der Waals surface area contributed by atoms with Crippen LogP contribution in [0.4, 0.5) is 0 Å². The van der Waals surface area contributed by atoms with Crippen molar-refractivity contribution in [2.24, 2.45) is 0 Å². The fourth-order valence-electron chi connectivity index (χ4n) is 1.57. The summed E-state index contributed by atoms with van der Waals surface area (Å²) in [5.74, 6) is -1.04. The number of fused-ring (bicyclic) bond motifs is 1. The van der Waals surface area contributed by atoms with Crippen molar-refractivity contribution in [3.8, 4) is 0 Å². The first kappa shape index (κ1) is 12.1. The second-order valence-corrected chi connectivity index (χ2v) is 4.58. The number of carboxylic acids is 1. The highest BCUT2D eigenvalue weighted by molar-refractivity contribution is 6.35. The number of hydrogen-bond acceptors (Lipinski definition) is 3. The SMILES string of the molecule is CC(C)c1c(Cl)nc2c(C(=O)O)cnn2c1Cl. The molecule has 0 amide bonds. The summed E-state index contributed by atoms with van der Waals surface area (Å²) in [6, 6.07) is 0. The average Bonchev–Trinajstić information content (AvgIpc) is 2.60. The lowest BCUT2D eigenvalue weighted by atomic mass is 10.1. The molecule has 1 N–H and O–H groups in total. The number of aromatic nitrogens is 3. The molecular weight excluding hydrogens is 265 g/mol. The molecule has 0 aliphatic heterocycles. The maximum absolute atomic E-state index is 10.9. The molecule has 0 spiro atoms. The topological polar surface area (TPSA) is 67.5 Å². The quantitative estimate of drug-likeness (QED) is 0.855. The minimum Gasteiger partial charge on any atom is -0.477 e. The largest absolute Gasteiger partial charge is 0.477 e. The first-order valence-electron chi connectivity index (χ1n) is 4.89. The average molecular weight is 274 g/mol. The number of hydrogen-bond donors (Lipinski definition) is 1. The van der Waals surface area contributed by atoms with Crippen LogP contribution in [0.15, 0.2) is 6.20 Å². The Bertz CT molecular complexity index is 607. The Hall–Kier alpha value is -1.33. The van der Waals surface area contributed by atoms with E-state index < -0.39 is 5.97 Å². The molecule has 0 aromatic carbocycles. The molecule has 5 nitrogen and oxygen atoms in total. The molecule has 0 bridgehead atoms. The van der Waals surface area contributed by atoms with Crippen molar-refractivity contribution in [1.82, 2.24) is 14.6 Å². The van der Waals surface area contributed by atoms with Gasteiger partial charge in [-0.1, -0.05) is 37.0 Å². The molecule has 0 radical (unpaired) electrons. The van der Waals surface area contributed by atoms with E-state index in [2.05, 4.69) is 10.1 Å². The van der Waals surface area contributed by atoms with Crippen molar-refractivity contribution < 1.29 is 9.90 Å². The highest BCUT2D eigenvalue weighted by Crippen LogP contribution is 2.31. The van der Waals surface area contributed by atoms with Gasteiger partial charge in [-0.2, -0.15) is 5.10 Å². The third-order valence-corrected chi connectivity index (χ3v) is 3.04. The fourth-order valence-corrected chi connectivity index (χ4v) is 2.44. The van der Waals surface area contributed by atoms with Crippen molar-refractivity contribution in [1.29, 1.82) is 0 Å². The van der Waals surface area contributed by atoms with Crippen LogP contribution in [-0.2, 0) is 0 Å². The van der Waals surface area contributed by atoms with Crippen LogP contribution in [-0.4, -0.2) is 25.7 Å². The first-order valence-corrected chi connectivity index (χ1v) is 5.65. The second kappa shape index (κ2) is 4.16. The number of aromatic carboxylic acids is 1. The number of rotatable bonds is 2. The molecule has 2 aromatic heterocycles. The van der Waals surface area contributed by atoms with E-state index in [-0.39, 0.29) is 22.3 Å². The number of halogens is 2. The Morgan fingerprint density at radius 3 is 2.65 bits per heavy atom. The van der Waals surface area contributed by atoms with Crippen molar-refractivity contribution >= 4 is 34.8 Å². The summed E-state index contributed by atoms with van der Waals surface area (Å²) in [5.41, 5.74) is 0.780. The molecule has 90 valence electrons. The lowest BCUT2D eigenvalue weighted by molar-refractivity contribution is 0.0699. The van der Waals surface area contributed by atoms with Crippen LogP contribution in [0, 0.1) is 0 Å². The Morgan fingerprint density at radius 1 is 1.47 bits per heavy atom. The van der Waals surface area contributed by atoms with E-state index in [1.807, 2.05) is 13.8 Å². The molecule has 0 aliphatic rings. The monoisotopic (exact) mass is 273 g/mol. The van der Waals surface area contributed by atoms with E-state index in [0.717, 1.165) is 0 Å². The van der Waals surface area contributed by atoms with Gasteiger partial charge >= 0.3 is 5.97 Å². The Labute approximate surface area is 107 Å². The van der Waals surface area contributed by atoms with E-state index in [0.29, 0.717) is 10.7 Å². The molecule has 0 saturated carbocycles. The van der Waals surface area contributed by atoms with Crippen molar-refractivity contribution in [2.75, 3.05) is 0 Å². The molecule has 0 aliphatic carbocycles. The molecule has 2 rings (SSSR count). The summed E-state index contributed by atoms with van der Waals surface area (Å²) < 4.78 is 1.28. The normalized spacial score (nSPS) is 11.4. The van der Waals surface area contributed by atoms with Crippen LogP contribution in [0.5, 0.6) is 0 Å². The third kappa shape index (κ3) is 1.85. The van der Waals surface area contributed by atoms with E-state index in [4.69, 9.17) is 28.3 Å². The van der Waals surface area contributed by atoms with Crippen LogP contribution in [0.2, 0.25) is 10.3 Å². The summed E-state index contributed by atoms with van der Waals surface area (Å²) in [4.78, 5) is 15.0. The van der Waals surface area contributed by atoms with E-state index >= 15 is 0 Å². The molecule has 0 saturated heterocycles. The van der Waals surface area contributed by atoms with Crippen LogP contribution in [0.3, 0.4) is 0 Å². The Kier molecular flexibility index (Phi) is 2.97. The second-order valence-electron chi connectivity index (χ2n) is 3.86. The van der Waals surface area contributed by atoms with Gasteiger partial charge in [-0.25, -0.2) is 14.3 Å². The van der Waals surface area contributed by atoms with Gasteiger partial charge in [0.15, 0.2) is 5.65 Å². The molecular formula is C10H9Cl2N3O2. The predicted octanol–water partition coefficient (Wildman–Crippen LogP) is 2.86. The summed E-state index contributed by atoms with van der Waals surface area (Å²) >= 11 is 12.2. The summed E-state index contributed by atoms with van der Waals surface area (Å²) in [6.45, 7) is 3.84. The molecule has 0 unspecified atom stereocenters. The number of nitrogens with zero attached hydrogens (tertiary/aromatic N) is 3. The van der Waals surface area contributed by atoms with Gasteiger partial charge in [0.05, 0.1) is 6.20 Å².